The van der Waals surface area contributed by atoms with Gasteiger partial charge >= 0.3 is 0 Å². The summed E-state index contributed by atoms with van der Waals surface area (Å²) in [4.78, 5) is 19.1. The van der Waals surface area contributed by atoms with E-state index in [9.17, 15) is 4.79 Å². The predicted molar refractivity (Wildman–Crippen MR) is 96.9 cm³/mol. The lowest BCUT2D eigenvalue weighted by Gasteiger charge is -2.14. The molecule has 5 heteroatoms. The van der Waals surface area contributed by atoms with Gasteiger partial charge in [0.25, 0.3) is 0 Å². The van der Waals surface area contributed by atoms with Gasteiger partial charge in [0.15, 0.2) is 5.13 Å². The molecule has 2 aromatic carbocycles. The number of amides is 1. The van der Waals surface area contributed by atoms with Crippen molar-refractivity contribution in [3.63, 3.8) is 0 Å². The summed E-state index contributed by atoms with van der Waals surface area (Å²) in [6.45, 7) is 0. The van der Waals surface area contributed by atoms with Crippen molar-refractivity contribution in [1.82, 2.24) is 4.98 Å². The lowest BCUT2D eigenvalue weighted by molar-refractivity contribution is -0.119. The van der Waals surface area contributed by atoms with Crippen LogP contribution in [0.3, 0.4) is 0 Å². The number of fused-ring (bicyclic) bond motifs is 1. The fourth-order valence-corrected chi connectivity index (χ4v) is 4.06. The van der Waals surface area contributed by atoms with Crippen molar-refractivity contribution < 1.29 is 9.53 Å². The van der Waals surface area contributed by atoms with Crippen LogP contribution in [0.25, 0.3) is 10.2 Å². The average molecular weight is 338 g/mol. The van der Waals surface area contributed by atoms with Crippen LogP contribution in [0.2, 0.25) is 0 Å². The topological polar surface area (TPSA) is 42.4 Å². The first-order valence-electron chi connectivity index (χ1n) is 7.95. The predicted octanol–water partition coefficient (Wildman–Crippen LogP) is 4.07. The Morgan fingerprint density at radius 3 is 2.75 bits per heavy atom. The lowest BCUT2D eigenvalue weighted by atomic mass is 10.1. The SMILES string of the molecule is COc1ccccc1[C@H]1C[C@@H]1C(=O)N(C)c1nc2ccccc2s1. The van der Waals surface area contributed by atoms with E-state index in [4.69, 9.17) is 4.74 Å². The number of anilines is 1. The third-order valence-electron chi connectivity index (χ3n) is 4.55. The molecule has 1 heterocycles. The molecule has 0 spiro atoms. The van der Waals surface area contributed by atoms with E-state index >= 15 is 0 Å². The summed E-state index contributed by atoms with van der Waals surface area (Å²) < 4.78 is 6.53. The Morgan fingerprint density at radius 1 is 1.21 bits per heavy atom. The molecule has 0 bridgehead atoms. The maximum atomic E-state index is 12.8. The Labute approximate surface area is 144 Å². The van der Waals surface area contributed by atoms with E-state index in [0.717, 1.165) is 33.1 Å². The summed E-state index contributed by atoms with van der Waals surface area (Å²) in [5, 5.41) is 0.756. The molecule has 1 fully saturated rings. The molecule has 0 radical (unpaired) electrons. The van der Waals surface area contributed by atoms with Crippen molar-refractivity contribution in [2.24, 2.45) is 5.92 Å². The Morgan fingerprint density at radius 2 is 1.96 bits per heavy atom. The minimum absolute atomic E-state index is 0.0123. The van der Waals surface area contributed by atoms with Crippen LogP contribution in [-0.2, 0) is 4.79 Å². The number of nitrogens with zero attached hydrogens (tertiary/aromatic N) is 2. The smallest absolute Gasteiger partial charge is 0.232 e. The standard InChI is InChI=1S/C19H18N2O2S/c1-21(19-20-15-8-4-6-10-17(15)24-19)18(22)14-11-13(14)12-7-3-5-9-16(12)23-2/h3-10,13-14H,11H2,1-2H3/t13-,14+/m1/s1. The summed E-state index contributed by atoms with van der Waals surface area (Å²) in [6.07, 6.45) is 0.869. The highest BCUT2D eigenvalue weighted by atomic mass is 32.1. The number of hydrogen-bond donors (Lipinski definition) is 0. The zero-order valence-electron chi connectivity index (χ0n) is 13.6. The second-order valence-electron chi connectivity index (χ2n) is 6.05. The van der Waals surface area contributed by atoms with Gasteiger partial charge < -0.3 is 4.74 Å². The van der Waals surface area contributed by atoms with Crippen molar-refractivity contribution in [3.8, 4) is 5.75 Å². The van der Waals surface area contributed by atoms with Crippen LogP contribution in [0.15, 0.2) is 48.5 Å². The molecular formula is C19H18N2O2S. The van der Waals surface area contributed by atoms with Gasteiger partial charge in [0, 0.05) is 13.0 Å². The minimum atomic E-state index is 0.0123. The average Bonchev–Trinajstić information content (AvgIpc) is 3.30. The largest absolute Gasteiger partial charge is 0.496 e. The molecule has 0 saturated heterocycles. The van der Waals surface area contributed by atoms with E-state index in [1.165, 1.54) is 0 Å². The number of hydrogen-bond acceptors (Lipinski definition) is 4. The molecule has 2 atom stereocenters. The number of aromatic nitrogens is 1. The first-order valence-corrected chi connectivity index (χ1v) is 8.76. The number of para-hydroxylation sites is 2. The van der Waals surface area contributed by atoms with E-state index < -0.39 is 0 Å². The summed E-state index contributed by atoms with van der Waals surface area (Å²) in [5.41, 5.74) is 2.06. The van der Waals surface area contributed by atoms with Crippen LogP contribution in [0.4, 0.5) is 5.13 Å². The molecule has 0 unspecified atom stereocenters. The second-order valence-corrected chi connectivity index (χ2v) is 7.06. The molecule has 4 nitrogen and oxygen atoms in total. The molecule has 1 aliphatic carbocycles. The molecule has 24 heavy (non-hydrogen) atoms. The normalized spacial score (nSPS) is 19.2. The quantitative estimate of drug-likeness (QED) is 0.720. The molecule has 1 amide bonds. The van der Waals surface area contributed by atoms with Gasteiger partial charge in [-0.15, -0.1) is 0 Å². The highest BCUT2D eigenvalue weighted by molar-refractivity contribution is 7.22. The highest BCUT2D eigenvalue weighted by Gasteiger charge is 2.46. The van der Waals surface area contributed by atoms with Crippen molar-refractivity contribution in [3.05, 3.63) is 54.1 Å². The summed E-state index contributed by atoms with van der Waals surface area (Å²) >= 11 is 1.55. The fourth-order valence-electron chi connectivity index (χ4n) is 3.13. The van der Waals surface area contributed by atoms with Crippen LogP contribution in [0.5, 0.6) is 5.75 Å². The van der Waals surface area contributed by atoms with Gasteiger partial charge in [0.1, 0.15) is 5.75 Å². The van der Waals surface area contributed by atoms with Gasteiger partial charge in [-0.1, -0.05) is 41.7 Å². The molecule has 0 aliphatic heterocycles. The van der Waals surface area contributed by atoms with Crippen molar-refractivity contribution in [2.45, 2.75) is 12.3 Å². The molecule has 1 aromatic heterocycles. The number of carbonyl (C=O) groups excluding carboxylic acids is 1. The zero-order valence-corrected chi connectivity index (χ0v) is 14.4. The molecule has 1 aliphatic rings. The zero-order chi connectivity index (χ0) is 16.7. The van der Waals surface area contributed by atoms with E-state index in [2.05, 4.69) is 11.1 Å². The van der Waals surface area contributed by atoms with Crippen molar-refractivity contribution >= 4 is 32.6 Å². The van der Waals surface area contributed by atoms with Gasteiger partial charge in [-0.3, -0.25) is 9.69 Å². The summed E-state index contributed by atoms with van der Waals surface area (Å²) in [5.74, 6) is 1.24. The highest BCUT2D eigenvalue weighted by Crippen LogP contribution is 2.51. The van der Waals surface area contributed by atoms with E-state index in [0.29, 0.717) is 0 Å². The van der Waals surface area contributed by atoms with Crippen LogP contribution in [0, 0.1) is 5.92 Å². The van der Waals surface area contributed by atoms with Gasteiger partial charge in [-0.05, 0) is 36.1 Å². The Bertz CT molecular complexity index is 872. The molecule has 122 valence electrons. The van der Waals surface area contributed by atoms with E-state index in [-0.39, 0.29) is 17.7 Å². The Balaban J connectivity index is 1.54. The molecule has 3 aromatic rings. The number of benzene rings is 2. The first kappa shape index (κ1) is 15.1. The first-order chi connectivity index (χ1) is 11.7. The van der Waals surface area contributed by atoms with E-state index in [1.807, 2.05) is 49.5 Å². The Hall–Kier alpha value is -2.40. The lowest BCUT2D eigenvalue weighted by Crippen LogP contribution is -2.28. The molecule has 1 saturated carbocycles. The van der Waals surface area contributed by atoms with Crippen molar-refractivity contribution in [2.75, 3.05) is 19.1 Å². The van der Waals surface area contributed by atoms with Gasteiger partial charge in [0.05, 0.1) is 17.3 Å². The van der Waals surface area contributed by atoms with Crippen LogP contribution in [0.1, 0.15) is 17.9 Å². The second kappa shape index (κ2) is 5.91. The number of thiazole rings is 1. The third kappa shape index (κ3) is 2.55. The number of carbonyl (C=O) groups is 1. The third-order valence-corrected chi connectivity index (χ3v) is 5.66. The van der Waals surface area contributed by atoms with E-state index in [1.54, 1.807) is 23.3 Å². The molecule has 4 rings (SSSR count). The van der Waals surface area contributed by atoms with Crippen LogP contribution in [-0.4, -0.2) is 25.0 Å². The number of ether oxygens (including phenoxy) is 1. The number of rotatable bonds is 4. The fraction of sp³-hybridized carbons (Fsp3) is 0.263. The number of methoxy groups -OCH3 is 1. The van der Waals surface area contributed by atoms with Crippen LogP contribution < -0.4 is 9.64 Å². The Kier molecular flexibility index (Phi) is 3.73. The summed E-state index contributed by atoms with van der Waals surface area (Å²) in [7, 11) is 3.49. The van der Waals surface area contributed by atoms with Crippen molar-refractivity contribution in [1.29, 1.82) is 0 Å². The monoisotopic (exact) mass is 338 g/mol. The van der Waals surface area contributed by atoms with Gasteiger partial charge in [0.2, 0.25) is 5.91 Å². The summed E-state index contributed by atoms with van der Waals surface area (Å²) in [6, 6.07) is 15.9. The maximum Gasteiger partial charge on any atom is 0.232 e. The van der Waals surface area contributed by atoms with Gasteiger partial charge in [-0.25, -0.2) is 4.98 Å². The maximum absolute atomic E-state index is 12.8. The van der Waals surface area contributed by atoms with Crippen LogP contribution >= 0.6 is 11.3 Å². The molecule has 0 N–H and O–H groups in total. The molecular weight excluding hydrogens is 320 g/mol. The minimum Gasteiger partial charge on any atom is -0.496 e. The van der Waals surface area contributed by atoms with Gasteiger partial charge in [-0.2, -0.15) is 0 Å².